The Labute approximate surface area is 644 Å². The predicted octanol–water partition coefficient (Wildman–Crippen LogP) is 26.0. The van der Waals surface area contributed by atoms with E-state index in [9.17, 15) is 0 Å². The fourth-order valence-electron chi connectivity index (χ4n) is 19.1. The van der Waals surface area contributed by atoms with Crippen LogP contribution in [0.15, 0.2) is 374 Å². The third-order valence-corrected chi connectivity index (χ3v) is 24.0. The van der Waals surface area contributed by atoms with Crippen molar-refractivity contribution in [3.63, 3.8) is 0 Å². The lowest BCUT2D eigenvalue weighted by molar-refractivity contribution is 0.436. The summed E-state index contributed by atoms with van der Waals surface area (Å²) in [4.78, 5) is 21.7. The van der Waals surface area contributed by atoms with Crippen LogP contribution < -0.4 is 9.47 Å². The van der Waals surface area contributed by atoms with Crippen LogP contribution in [0, 0.1) is 0 Å². The highest BCUT2D eigenvalue weighted by Gasteiger charge is 2.53. The molecule has 0 saturated heterocycles. The molecule has 0 saturated carbocycles. The van der Waals surface area contributed by atoms with Crippen molar-refractivity contribution >= 4 is 54.6 Å². The Kier molecular flexibility index (Phi) is 13.2. The molecular formula is C104H61N5O3. The molecule has 2 spiro atoms. The lowest BCUT2D eigenvalue weighted by Crippen LogP contribution is -2.32. The molecule has 0 bridgehead atoms. The van der Waals surface area contributed by atoms with Crippen molar-refractivity contribution in [3.05, 3.63) is 415 Å². The van der Waals surface area contributed by atoms with Gasteiger partial charge in [0.2, 0.25) is 0 Å². The molecule has 16 aromatic carbocycles. The monoisotopic (exact) mass is 1430 g/mol. The van der Waals surface area contributed by atoms with Gasteiger partial charge in [-0.15, -0.1) is 0 Å². The summed E-state index contributed by atoms with van der Waals surface area (Å²) in [6, 6.07) is 133. The molecule has 4 aliphatic rings. The summed E-state index contributed by atoms with van der Waals surface area (Å²) in [5.74, 6) is 4.75. The third kappa shape index (κ3) is 9.00. The second kappa shape index (κ2) is 23.8. The van der Waals surface area contributed by atoms with Crippen LogP contribution in [-0.2, 0) is 10.8 Å². The van der Waals surface area contributed by atoms with E-state index in [1.165, 1.54) is 44.5 Å². The van der Waals surface area contributed by atoms with E-state index in [0.717, 1.165) is 173 Å². The lowest BCUT2D eigenvalue weighted by Gasteiger charge is -2.39. The zero-order valence-corrected chi connectivity index (χ0v) is 60.2. The van der Waals surface area contributed by atoms with E-state index in [0.29, 0.717) is 11.6 Å². The number of aromatic nitrogens is 5. The molecule has 8 heteroatoms. The van der Waals surface area contributed by atoms with Gasteiger partial charge in [-0.1, -0.05) is 261 Å². The highest BCUT2D eigenvalue weighted by Crippen LogP contribution is 2.65. The van der Waals surface area contributed by atoms with Gasteiger partial charge in [-0.05, 0) is 176 Å². The van der Waals surface area contributed by atoms with Crippen molar-refractivity contribution < 1.29 is 13.9 Å². The third-order valence-electron chi connectivity index (χ3n) is 24.0. The van der Waals surface area contributed by atoms with Crippen LogP contribution in [0.4, 0.5) is 0 Å². The topological polar surface area (TPSA) is 88.1 Å². The van der Waals surface area contributed by atoms with Gasteiger partial charge in [0.1, 0.15) is 34.2 Å². The van der Waals surface area contributed by atoms with E-state index in [1.54, 1.807) is 0 Å². The van der Waals surface area contributed by atoms with Gasteiger partial charge >= 0.3 is 0 Å². The molecule has 0 N–H and O–H groups in total. The first-order chi connectivity index (χ1) is 55.5. The Morgan fingerprint density at radius 2 is 0.661 bits per heavy atom. The van der Waals surface area contributed by atoms with Gasteiger partial charge in [0.25, 0.3) is 0 Å². The van der Waals surface area contributed by atoms with Crippen LogP contribution in [0.25, 0.3) is 161 Å². The first-order valence-electron chi connectivity index (χ1n) is 38.1. The maximum absolute atomic E-state index is 6.71. The van der Waals surface area contributed by atoms with Crippen molar-refractivity contribution in [3.8, 4) is 130 Å². The molecule has 0 unspecified atom stereocenters. The smallest absolute Gasteiger partial charge is 0.160 e. The molecule has 0 fully saturated rings. The highest BCUT2D eigenvalue weighted by molar-refractivity contribution is 6.12. The summed E-state index contributed by atoms with van der Waals surface area (Å²) in [6.45, 7) is 0. The molecule has 2 aliphatic heterocycles. The Morgan fingerprint density at radius 3 is 1.29 bits per heavy atom. The molecule has 2 aliphatic carbocycles. The number of hydrogen-bond donors (Lipinski definition) is 0. The quantitative estimate of drug-likeness (QED) is 0.150. The number of furan rings is 1. The van der Waals surface area contributed by atoms with Crippen LogP contribution in [-0.4, -0.2) is 24.5 Å². The first-order valence-corrected chi connectivity index (χ1v) is 38.1. The van der Waals surface area contributed by atoms with Gasteiger partial charge < -0.3 is 18.5 Å². The Morgan fingerprint density at radius 1 is 0.232 bits per heavy atom. The largest absolute Gasteiger partial charge is 0.457 e. The van der Waals surface area contributed by atoms with Crippen LogP contribution in [0.2, 0.25) is 0 Å². The average Bonchev–Trinajstić information content (AvgIpc) is 1.50. The van der Waals surface area contributed by atoms with Gasteiger partial charge in [-0.25, -0.2) is 19.9 Å². The van der Waals surface area contributed by atoms with Crippen molar-refractivity contribution in [2.24, 2.45) is 0 Å². The van der Waals surface area contributed by atoms with Gasteiger partial charge in [-0.3, -0.25) is 0 Å². The zero-order valence-electron chi connectivity index (χ0n) is 60.2. The van der Waals surface area contributed by atoms with Crippen molar-refractivity contribution in [1.82, 2.24) is 24.5 Å². The van der Waals surface area contributed by atoms with Crippen molar-refractivity contribution in [1.29, 1.82) is 0 Å². The first kappa shape index (κ1) is 62.2. The molecule has 520 valence electrons. The average molecular weight is 1430 g/mol. The molecule has 0 radical (unpaired) electrons. The minimum Gasteiger partial charge on any atom is -0.457 e. The number of nitrogens with zero attached hydrogens (tertiary/aromatic N) is 5. The molecular weight excluding hydrogens is 1370 g/mol. The number of para-hydroxylation sites is 6. The number of hydrogen-bond acceptors (Lipinski definition) is 7. The van der Waals surface area contributed by atoms with Crippen molar-refractivity contribution in [2.45, 2.75) is 10.8 Å². The van der Waals surface area contributed by atoms with Crippen LogP contribution in [0.3, 0.4) is 0 Å². The van der Waals surface area contributed by atoms with Crippen LogP contribution in [0.1, 0.15) is 44.5 Å². The Hall–Kier alpha value is -14.9. The number of fused-ring (bicyclic) bond motifs is 25. The van der Waals surface area contributed by atoms with E-state index >= 15 is 0 Å². The second-order valence-electron chi connectivity index (χ2n) is 29.8. The second-order valence-corrected chi connectivity index (χ2v) is 29.8. The van der Waals surface area contributed by atoms with Gasteiger partial charge in [-0.2, -0.15) is 0 Å². The fourth-order valence-corrected chi connectivity index (χ4v) is 19.1. The Bertz CT molecular complexity index is 7340. The lowest BCUT2D eigenvalue weighted by atomic mass is 9.66. The molecule has 4 aromatic heterocycles. The zero-order chi connectivity index (χ0) is 73.3. The van der Waals surface area contributed by atoms with E-state index < -0.39 is 10.8 Å². The van der Waals surface area contributed by atoms with Crippen LogP contribution >= 0.6 is 0 Å². The van der Waals surface area contributed by atoms with Gasteiger partial charge in [0.05, 0.1) is 44.5 Å². The molecule has 0 amide bonds. The SMILES string of the molecule is c1ccc(-c2nc(-c3cccc(-n4c5ccccc5c5cc(-c6ccc7oc8ccc(-c9cccc(-c%10nc(-c%11ccc%12c(c%11)C%11(c%13ccccc%13Oc%13ccccc%13%11)c%11ccccc%11-%12)nc%11ccccc%10%11)c9)cc8c7c6)ccc54)c3)cc(-c3ccc4c(c3)C3(c5ccccc5Oc5ccccc53)c3ccccc3-4)n2)cc1. The fraction of sp³-hybridized carbons (Fsp3) is 0.0192. The summed E-state index contributed by atoms with van der Waals surface area (Å²) in [7, 11) is 0. The number of rotatable bonds is 8. The maximum atomic E-state index is 6.71. The van der Waals surface area contributed by atoms with E-state index in [2.05, 4.69) is 369 Å². The predicted molar refractivity (Wildman–Crippen MR) is 450 cm³/mol. The van der Waals surface area contributed by atoms with Crippen LogP contribution in [0.5, 0.6) is 23.0 Å². The maximum Gasteiger partial charge on any atom is 0.160 e. The summed E-state index contributed by atoms with van der Waals surface area (Å²) in [6.07, 6.45) is 0. The van der Waals surface area contributed by atoms with E-state index in [4.69, 9.17) is 33.8 Å². The van der Waals surface area contributed by atoms with Crippen molar-refractivity contribution in [2.75, 3.05) is 0 Å². The summed E-state index contributed by atoms with van der Waals surface area (Å²) >= 11 is 0. The summed E-state index contributed by atoms with van der Waals surface area (Å²) in [5, 5.41) is 5.39. The minimum atomic E-state index is -0.626. The highest BCUT2D eigenvalue weighted by atomic mass is 16.5. The number of ether oxygens (including phenoxy) is 2. The summed E-state index contributed by atoms with van der Waals surface area (Å²) in [5.41, 5.74) is 30.4. The van der Waals surface area contributed by atoms with E-state index in [-0.39, 0.29) is 0 Å². The normalized spacial score (nSPS) is 13.5. The Balaban J connectivity index is 0.577. The number of benzene rings is 16. The molecule has 0 atom stereocenters. The van der Waals surface area contributed by atoms with Gasteiger partial charge in [0, 0.05) is 82.7 Å². The molecule has 20 aromatic rings. The molecule has 24 rings (SSSR count). The van der Waals surface area contributed by atoms with Gasteiger partial charge in [0.15, 0.2) is 11.6 Å². The standard InChI is InChI=1S/C104H61N5O3/c1-2-22-62(23-3-1)101-106-90(61-91(107-101)68-44-49-74-72-28-4-8-32-81(72)103(87(74)59-68)83-34-10-16-40-96(83)111-97-41-17-11-35-84(97)103)67-25-21-27-71(55-67)109-92-39-15-7-30-76(92)78-56-64(46-51-93(78)109)66-48-53-95-80(58-66)79-57-65(47-52-94(79)110-95)63-24-20-26-69(54-63)100-77-31-6-14-38-89(77)105-102(108-100)70-45-50-75-73-29-5-9-33-82(73)104(88(75)60-70)85-36-12-18-42-98(85)112-99-43-19-13-37-86(99)104/h1-61H. The molecule has 112 heavy (non-hydrogen) atoms. The minimum absolute atomic E-state index is 0.621. The summed E-state index contributed by atoms with van der Waals surface area (Å²) < 4.78 is 22.4. The van der Waals surface area contributed by atoms with E-state index in [1.807, 2.05) is 6.07 Å². The molecule has 6 heterocycles. The molecule has 8 nitrogen and oxygen atoms in total.